The predicted molar refractivity (Wildman–Crippen MR) is 57.6 cm³/mol. The molecule has 0 saturated heterocycles. The fourth-order valence-electron chi connectivity index (χ4n) is 1.54. The van der Waals surface area contributed by atoms with E-state index in [0.29, 0.717) is 18.0 Å². The summed E-state index contributed by atoms with van der Waals surface area (Å²) in [4.78, 5) is 0. The minimum absolute atomic E-state index is 0.0509. The Kier molecular flexibility index (Phi) is 2.83. The van der Waals surface area contributed by atoms with Crippen LogP contribution in [0.3, 0.4) is 0 Å². The van der Waals surface area contributed by atoms with Crippen molar-refractivity contribution < 1.29 is 8.78 Å². The quantitative estimate of drug-likeness (QED) is 0.831. The number of hydrogen-bond donors (Lipinski definition) is 1. The van der Waals surface area contributed by atoms with E-state index in [1.165, 1.54) is 0 Å². The van der Waals surface area contributed by atoms with E-state index in [1.54, 1.807) is 12.1 Å². The molecule has 1 saturated carbocycles. The Morgan fingerprint density at radius 1 is 1.33 bits per heavy atom. The van der Waals surface area contributed by atoms with Gasteiger partial charge in [0.15, 0.2) is 0 Å². The van der Waals surface area contributed by atoms with Crippen LogP contribution in [0.4, 0.5) is 14.5 Å². The maximum atomic E-state index is 12.5. The highest BCUT2D eigenvalue weighted by Crippen LogP contribution is 2.50. The van der Waals surface area contributed by atoms with E-state index in [9.17, 15) is 8.78 Å². The number of nitrogens with one attached hydrogen (secondary N) is 1. The molecule has 1 aromatic rings. The van der Waals surface area contributed by atoms with Gasteiger partial charge in [-0.3, -0.25) is 0 Å². The molecule has 1 nitrogen and oxygen atoms in total. The Labute approximate surface area is 92.4 Å². The number of rotatable bonds is 4. The van der Waals surface area contributed by atoms with Crippen LogP contribution in [0.25, 0.3) is 0 Å². The van der Waals surface area contributed by atoms with Crippen LogP contribution in [0.2, 0.25) is 5.02 Å². The van der Waals surface area contributed by atoms with E-state index < -0.39 is 11.8 Å². The van der Waals surface area contributed by atoms with E-state index in [-0.39, 0.29) is 6.42 Å². The lowest BCUT2D eigenvalue weighted by Crippen LogP contribution is -2.04. The zero-order chi connectivity index (χ0) is 10.9. The fourth-order valence-corrected chi connectivity index (χ4v) is 1.67. The lowest BCUT2D eigenvalue weighted by atomic mass is 10.2. The third-order valence-corrected chi connectivity index (χ3v) is 2.87. The summed E-state index contributed by atoms with van der Waals surface area (Å²) in [5.74, 6) is -2.82. The van der Waals surface area contributed by atoms with E-state index in [2.05, 4.69) is 5.32 Å². The zero-order valence-corrected chi connectivity index (χ0v) is 8.90. The molecule has 0 aliphatic heterocycles. The lowest BCUT2D eigenvalue weighted by molar-refractivity contribution is 0.0978. The summed E-state index contributed by atoms with van der Waals surface area (Å²) < 4.78 is 25.1. The summed E-state index contributed by atoms with van der Waals surface area (Å²) in [6, 6.07) is 7.23. The van der Waals surface area contributed by atoms with Gasteiger partial charge in [0, 0.05) is 29.6 Å². The predicted octanol–water partition coefficient (Wildman–Crippen LogP) is 3.80. The Bertz CT molecular complexity index is 337. The van der Waals surface area contributed by atoms with Gasteiger partial charge in [0.05, 0.1) is 0 Å². The largest absolute Gasteiger partial charge is 0.385 e. The molecule has 1 aliphatic rings. The second-order valence-corrected chi connectivity index (χ2v) is 4.32. The molecule has 0 amide bonds. The topological polar surface area (TPSA) is 12.0 Å². The van der Waals surface area contributed by atoms with Gasteiger partial charge in [-0.1, -0.05) is 11.6 Å². The molecule has 4 heteroatoms. The van der Waals surface area contributed by atoms with Crippen molar-refractivity contribution in [2.45, 2.75) is 18.8 Å². The normalized spacial score (nSPS) is 22.5. The minimum atomic E-state index is -2.40. The summed E-state index contributed by atoms with van der Waals surface area (Å²) in [6.07, 6.45) is 0.574. The first-order chi connectivity index (χ1) is 7.08. The molecule has 0 bridgehead atoms. The van der Waals surface area contributed by atoms with Crippen molar-refractivity contribution in [2.24, 2.45) is 5.92 Å². The molecule has 1 aliphatic carbocycles. The Balaban J connectivity index is 1.72. The van der Waals surface area contributed by atoms with Crippen molar-refractivity contribution in [3.63, 3.8) is 0 Å². The monoisotopic (exact) mass is 231 g/mol. The second kappa shape index (κ2) is 3.97. The highest BCUT2D eigenvalue weighted by atomic mass is 35.5. The van der Waals surface area contributed by atoms with Gasteiger partial charge < -0.3 is 5.32 Å². The number of benzene rings is 1. The molecule has 1 fully saturated rings. The standard InChI is InChI=1S/C11H12ClF2N/c12-9-1-3-10(4-2-9)15-6-5-8-7-11(8,13)14/h1-4,8,15H,5-7H2. The van der Waals surface area contributed by atoms with Crippen LogP contribution in [-0.4, -0.2) is 12.5 Å². The second-order valence-electron chi connectivity index (χ2n) is 3.88. The molecule has 0 heterocycles. The number of alkyl halides is 2. The number of anilines is 1. The molecule has 1 N–H and O–H groups in total. The summed E-state index contributed by atoms with van der Waals surface area (Å²) in [5, 5.41) is 3.76. The highest BCUT2D eigenvalue weighted by molar-refractivity contribution is 6.30. The molecule has 1 unspecified atom stereocenters. The third-order valence-electron chi connectivity index (χ3n) is 2.62. The Hall–Kier alpha value is -0.830. The Morgan fingerprint density at radius 2 is 1.93 bits per heavy atom. The average Bonchev–Trinajstić information content (AvgIpc) is 2.78. The van der Waals surface area contributed by atoms with Gasteiger partial charge in [-0.2, -0.15) is 0 Å². The molecule has 15 heavy (non-hydrogen) atoms. The number of hydrogen-bond acceptors (Lipinski definition) is 1. The van der Waals surface area contributed by atoms with Crippen LogP contribution in [-0.2, 0) is 0 Å². The van der Waals surface area contributed by atoms with E-state index in [4.69, 9.17) is 11.6 Å². The van der Waals surface area contributed by atoms with Crippen LogP contribution in [0.1, 0.15) is 12.8 Å². The molecular weight excluding hydrogens is 220 g/mol. The van der Waals surface area contributed by atoms with Crippen molar-refractivity contribution in [3.8, 4) is 0 Å². The molecule has 0 radical (unpaired) electrons. The van der Waals surface area contributed by atoms with Crippen molar-refractivity contribution in [1.82, 2.24) is 0 Å². The highest BCUT2D eigenvalue weighted by Gasteiger charge is 2.55. The summed E-state index contributed by atoms with van der Waals surface area (Å²) in [5.41, 5.74) is 0.920. The van der Waals surface area contributed by atoms with Crippen molar-refractivity contribution in [3.05, 3.63) is 29.3 Å². The maximum Gasteiger partial charge on any atom is 0.251 e. The van der Waals surface area contributed by atoms with Crippen LogP contribution in [0, 0.1) is 5.92 Å². The third kappa shape index (κ3) is 2.81. The smallest absolute Gasteiger partial charge is 0.251 e. The van der Waals surface area contributed by atoms with Gasteiger partial charge in [0.25, 0.3) is 5.92 Å². The lowest BCUT2D eigenvalue weighted by Gasteiger charge is -2.05. The summed E-state index contributed by atoms with van der Waals surface area (Å²) >= 11 is 5.72. The van der Waals surface area contributed by atoms with Gasteiger partial charge in [-0.25, -0.2) is 8.78 Å². The molecule has 0 spiro atoms. The van der Waals surface area contributed by atoms with Gasteiger partial charge in [-0.05, 0) is 30.7 Å². The van der Waals surface area contributed by atoms with Crippen LogP contribution in [0.5, 0.6) is 0 Å². The summed E-state index contributed by atoms with van der Waals surface area (Å²) in [6.45, 7) is 0.585. The van der Waals surface area contributed by atoms with Gasteiger partial charge in [-0.15, -0.1) is 0 Å². The van der Waals surface area contributed by atoms with Crippen LogP contribution in [0.15, 0.2) is 24.3 Å². The van der Waals surface area contributed by atoms with Gasteiger partial charge >= 0.3 is 0 Å². The average molecular weight is 232 g/mol. The SMILES string of the molecule is FC1(F)CC1CCNc1ccc(Cl)cc1. The minimum Gasteiger partial charge on any atom is -0.385 e. The Morgan fingerprint density at radius 3 is 2.47 bits per heavy atom. The molecule has 2 rings (SSSR count). The number of halogens is 3. The van der Waals surface area contributed by atoms with Crippen molar-refractivity contribution in [1.29, 1.82) is 0 Å². The van der Waals surface area contributed by atoms with Crippen molar-refractivity contribution in [2.75, 3.05) is 11.9 Å². The van der Waals surface area contributed by atoms with E-state index >= 15 is 0 Å². The van der Waals surface area contributed by atoms with E-state index in [1.807, 2.05) is 12.1 Å². The molecule has 0 aromatic heterocycles. The van der Waals surface area contributed by atoms with Gasteiger partial charge in [0.1, 0.15) is 0 Å². The summed E-state index contributed by atoms with van der Waals surface area (Å²) in [7, 11) is 0. The van der Waals surface area contributed by atoms with Crippen LogP contribution < -0.4 is 5.32 Å². The fraction of sp³-hybridized carbons (Fsp3) is 0.455. The van der Waals surface area contributed by atoms with Gasteiger partial charge in [0.2, 0.25) is 0 Å². The zero-order valence-electron chi connectivity index (χ0n) is 8.14. The molecular formula is C11H12ClF2N. The first-order valence-electron chi connectivity index (χ1n) is 4.95. The molecule has 1 atom stereocenters. The first kappa shape index (κ1) is 10.7. The maximum absolute atomic E-state index is 12.5. The van der Waals surface area contributed by atoms with Crippen molar-refractivity contribution >= 4 is 17.3 Å². The first-order valence-corrected chi connectivity index (χ1v) is 5.33. The molecule has 82 valence electrons. The molecule has 1 aromatic carbocycles. The van der Waals surface area contributed by atoms with Crippen LogP contribution >= 0.6 is 11.6 Å². The van der Waals surface area contributed by atoms with E-state index in [0.717, 1.165) is 5.69 Å².